The van der Waals surface area contributed by atoms with E-state index in [1.54, 1.807) is 6.08 Å². The molecule has 0 amide bonds. The molecular formula is C15H17N5O3. The number of benzene rings is 1. The zero-order valence-electron chi connectivity index (χ0n) is 12.8. The van der Waals surface area contributed by atoms with Crippen molar-refractivity contribution >= 4 is 11.9 Å². The predicted octanol–water partition coefficient (Wildman–Crippen LogP) is 1.69. The summed E-state index contributed by atoms with van der Waals surface area (Å²) in [6, 6.07) is 7.04. The van der Waals surface area contributed by atoms with E-state index in [0.717, 1.165) is 5.56 Å². The normalized spacial score (nSPS) is 16.5. The van der Waals surface area contributed by atoms with Crippen molar-refractivity contribution in [3.8, 4) is 5.75 Å². The van der Waals surface area contributed by atoms with Crippen LogP contribution < -0.4 is 10.1 Å². The fourth-order valence-electron chi connectivity index (χ4n) is 2.31. The fourth-order valence-corrected chi connectivity index (χ4v) is 2.31. The minimum absolute atomic E-state index is 0.0379. The van der Waals surface area contributed by atoms with E-state index in [4.69, 9.17) is 4.74 Å². The first-order valence-electron chi connectivity index (χ1n) is 7.28. The van der Waals surface area contributed by atoms with Gasteiger partial charge in [-0.15, -0.1) is 0 Å². The number of fused-ring (bicyclic) bond motifs is 1. The number of nitrogens with zero attached hydrogens (tertiary/aromatic N) is 4. The summed E-state index contributed by atoms with van der Waals surface area (Å²) in [4.78, 5) is 11.3. The van der Waals surface area contributed by atoms with Crippen LogP contribution in [-0.2, 0) is 4.79 Å². The number of aromatic nitrogens is 4. The van der Waals surface area contributed by atoms with Crippen molar-refractivity contribution in [3.05, 3.63) is 41.6 Å². The Morgan fingerprint density at radius 1 is 1.43 bits per heavy atom. The molecule has 0 fully saturated rings. The zero-order chi connectivity index (χ0) is 16.4. The lowest BCUT2D eigenvalue weighted by molar-refractivity contribution is -0.132. The lowest BCUT2D eigenvalue weighted by Gasteiger charge is -2.23. The molecule has 1 atom stereocenters. The van der Waals surface area contributed by atoms with Gasteiger partial charge in [0.2, 0.25) is 5.95 Å². The van der Waals surface area contributed by atoms with Gasteiger partial charge < -0.3 is 15.2 Å². The van der Waals surface area contributed by atoms with Crippen molar-refractivity contribution in [1.29, 1.82) is 0 Å². The second kappa shape index (κ2) is 6.07. The van der Waals surface area contributed by atoms with Crippen LogP contribution in [0.5, 0.6) is 5.75 Å². The third kappa shape index (κ3) is 3.01. The lowest BCUT2D eigenvalue weighted by atomic mass is 10.0. The molecule has 1 unspecified atom stereocenters. The first kappa shape index (κ1) is 15.0. The number of allylic oxidation sites excluding steroid dienone is 1. The highest BCUT2D eigenvalue weighted by Gasteiger charge is 2.28. The van der Waals surface area contributed by atoms with Crippen LogP contribution in [0.4, 0.5) is 5.95 Å². The van der Waals surface area contributed by atoms with Gasteiger partial charge in [0.15, 0.2) is 0 Å². The lowest BCUT2D eigenvalue weighted by Crippen LogP contribution is -2.24. The fraction of sp³-hybridized carbons (Fsp3) is 0.333. The van der Waals surface area contributed by atoms with Gasteiger partial charge in [0.1, 0.15) is 17.5 Å². The predicted molar refractivity (Wildman–Crippen MR) is 82.1 cm³/mol. The van der Waals surface area contributed by atoms with Crippen LogP contribution in [0.25, 0.3) is 0 Å². The Balaban J connectivity index is 2.02. The highest BCUT2D eigenvalue weighted by atomic mass is 16.5. The Kier molecular flexibility index (Phi) is 3.96. The minimum Gasteiger partial charge on any atom is -0.493 e. The van der Waals surface area contributed by atoms with Crippen LogP contribution in [0.2, 0.25) is 0 Å². The summed E-state index contributed by atoms with van der Waals surface area (Å²) in [5.41, 5.74) is 0.845. The van der Waals surface area contributed by atoms with E-state index < -0.39 is 12.0 Å². The van der Waals surface area contributed by atoms with Gasteiger partial charge in [-0.25, -0.2) is 4.79 Å². The molecule has 1 aliphatic heterocycles. The standard InChI is InChI=1S/C15H17N5O3/c1-9(2)8-23-13-6-4-3-5-10(13)12-7-11(14(21)22)16-15-17-18-19-20(12)15/h3-7,9,12H,8H2,1-2H3,(H,21,22)(H,16,17,19). The summed E-state index contributed by atoms with van der Waals surface area (Å²) in [5, 5.41) is 23.3. The number of anilines is 1. The van der Waals surface area contributed by atoms with Gasteiger partial charge in [0, 0.05) is 5.56 Å². The highest BCUT2D eigenvalue weighted by Crippen LogP contribution is 2.33. The van der Waals surface area contributed by atoms with E-state index in [1.807, 2.05) is 24.3 Å². The number of hydrogen-bond donors (Lipinski definition) is 2. The van der Waals surface area contributed by atoms with Gasteiger partial charge in [-0.05, 0) is 28.5 Å². The number of hydrogen-bond acceptors (Lipinski definition) is 6. The Morgan fingerprint density at radius 2 is 2.22 bits per heavy atom. The number of carboxylic acids is 1. The molecule has 8 nitrogen and oxygen atoms in total. The van der Waals surface area contributed by atoms with Gasteiger partial charge in [-0.1, -0.05) is 37.1 Å². The van der Waals surface area contributed by atoms with Crippen LogP contribution in [-0.4, -0.2) is 37.9 Å². The second-order valence-electron chi connectivity index (χ2n) is 5.65. The molecule has 1 aromatic carbocycles. The number of para-hydroxylation sites is 1. The van der Waals surface area contributed by atoms with Crippen LogP contribution in [0.1, 0.15) is 25.5 Å². The van der Waals surface area contributed by atoms with E-state index >= 15 is 0 Å². The molecule has 2 heterocycles. The Labute approximate surface area is 132 Å². The molecule has 0 radical (unpaired) electrons. The van der Waals surface area contributed by atoms with Crippen molar-refractivity contribution in [1.82, 2.24) is 20.2 Å². The van der Waals surface area contributed by atoms with Crippen LogP contribution in [0, 0.1) is 5.92 Å². The maximum Gasteiger partial charge on any atom is 0.352 e. The molecule has 23 heavy (non-hydrogen) atoms. The van der Waals surface area contributed by atoms with Crippen LogP contribution >= 0.6 is 0 Å². The molecule has 1 aromatic heterocycles. The third-order valence-corrected chi connectivity index (χ3v) is 3.37. The molecule has 120 valence electrons. The summed E-state index contributed by atoms with van der Waals surface area (Å²) in [5.74, 6) is 0.290. The Hall–Kier alpha value is -2.90. The molecule has 8 heteroatoms. The first-order valence-corrected chi connectivity index (χ1v) is 7.28. The topological polar surface area (TPSA) is 102 Å². The highest BCUT2D eigenvalue weighted by molar-refractivity contribution is 5.90. The number of tetrazole rings is 1. The molecule has 2 N–H and O–H groups in total. The van der Waals surface area contributed by atoms with E-state index in [1.165, 1.54) is 4.68 Å². The Bertz CT molecular complexity index is 753. The van der Waals surface area contributed by atoms with Gasteiger partial charge in [-0.3, -0.25) is 0 Å². The average molecular weight is 315 g/mol. The number of nitrogens with one attached hydrogen (secondary N) is 1. The van der Waals surface area contributed by atoms with Crippen LogP contribution in [0.3, 0.4) is 0 Å². The van der Waals surface area contributed by atoms with E-state index in [0.29, 0.717) is 18.3 Å². The quantitative estimate of drug-likeness (QED) is 0.865. The number of rotatable bonds is 5. The SMILES string of the molecule is CC(C)COc1ccccc1C1C=C(C(=O)O)Nc2nnnn21. The van der Waals surface area contributed by atoms with Crippen molar-refractivity contribution in [2.75, 3.05) is 11.9 Å². The molecule has 0 saturated carbocycles. The smallest absolute Gasteiger partial charge is 0.352 e. The first-order chi connectivity index (χ1) is 11.1. The van der Waals surface area contributed by atoms with E-state index in [-0.39, 0.29) is 11.6 Å². The van der Waals surface area contributed by atoms with Crippen molar-refractivity contribution < 1.29 is 14.6 Å². The minimum atomic E-state index is -1.06. The second-order valence-corrected chi connectivity index (χ2v) is 5.65. The maximum atomic E-state index is 11.3. The van der Waals surface area contributed by atoms with Crippen molar-refractivity contribution in [2.24, 2.45) is 5.92 Å². The molecule has 2 aromatic rings. The van der Waals surface area contributed by atoms with Gasteiger partial charge in [0.05, 0.1) is 6.61 Å². The van der Waals surface area contributed by atoms with Gasteiger partial charge >= 0.3 is 5.97 Å². The average Bonchev–Trinajstić information content (AvgIpc) is 3.00. The van der Waals surface area contributed by atoms with E-state index in [2.05, 4.69) is 34.7 Å². The number of carbonyl (C=O) groups is 1. The summed E-state index contributed by atoms with van der Waals surface area (Å²) in [6.45, 7) is 4.70. The molecule has 0 spiro atoms. The zero-order valence-corrected chi connectivity index (χ0v) is 12.8. The summed E-state index contributed by atoms with van der Waals surface area (Å²) in [7, 11) is 0. The molecule has 0 saturated heterocycles. The van der Waals surface area contributed by atoms with Gasteiger partial charge in [0.25, 0.3) is 0 Å². The molecule has 0 bridgehead atoms. The summed E-state index contributed by atoms with van der Waals surface area (Å²) < 4.78 is 7.39. The Morgan fingerprint density at radius 3 is 2.96 bits per heavy atom. The van der Waals surface area contributed by atoms with Gasteiger partial charge in [-0.2, -0.15) is 4.68 Å². The number of ether oxygens (including phenoxy) is 1. The maximum absolute atomic E-state index is 11.3. The van der Waals surface area contributed by atoms with Crippen LogP contribution in [0.15, 0.2) is 36.0 Å². The van der Waals surface area contributed by atoms with E-state index in [9.17, 15) is 9.90 Å². The molecule has 0 aliphatic carbocycles. The monoisotopic (exact) mass is 315 g/mol. The third-order valence-electron chi connectivity index (χ3n) is 3.37. The summed E-state index contributed by atoms with van der Waals surface area (Å²) in [6.07, 6.45) is 1.57. The summed E-state index contributed by atoms with van der Waals surface area (Å²) >= 11 is 0. The molecule has 1 aliphatic rings. The number of carboxylic acid groups (broad SMARTS) is 1. The largest absolute Gasteiger partial charge is 0.493 e. The van der Waals surface area contributed by atoms with Crippen molar-refractivity contribution in [2.45, 2.75) is 19.9 Å². The molecular weight excluding hydrogens is 298 g/mol. The van der Waals surface area contributed by atoms with Crippen molar-refractivity contribution in [3.63, 3.8) is 0 Å². The molecule has 3 rings (SSSR count). The number of aliphatic carboxylic acids is 1.